The Hall–Kier alpha value is -1.50. The first-order valence-electron chi connectivity index (χ1n) is 8.45. The first-order chi connectivity index (χ1) is 10.3. The topological polar surface area (TPSA) is 3.24 Å². The van der Waals surface area contributed by atoms with Gasteiger partial charge < -0.3 is 4.90 Å². The second kappa shape index (κ2) is 12.3. The highest BCUT2D eigenvalue weighted by Gasteiger charge is 2.19. The molecule has 1 unspecified atom stereocenters. The summed E-state index contributed by atoms with van der Waals surface area (Å²) in [4.78, 5) is 2.46. The van der Waals surface area contributed by atoms with E-state index in [4.69, 9.17) is 0 Å². The molecule has 21 heavy (non-hydrogen) atoms. The second-order valence-electron chi connectivity index (χ2n) is 4.76. The maximum absolute atomic E-state index is 4.09. The van der Waals surface area contributed by atoms with Crippen LogP contribution in [0.4, 0.5) is 0 Å². The van der Waals surface area contributed by atoms with Gasteiger partial charge in [-0.2, -0.15) is 0 Å². The van der Waals surface area contributed by atoms with E-state index in [2.05, 4.69) is 61.0 Å². The van der Waals surface area contributed by atoms with Crippen molar-refractivity contribution in [3.05, 3.63) is 60.3 Å². The predicted octanol–water partition coefficient (Wildman–Crippen LogP) is 5.84. The molecule has 0 bridgehead atoms. The maximum atomic E-state index is 4.09. The molecular formula is C20H33N. The molecule has 0 spiro atoms. The van der Waals surface area contributed by atoms with Gasteiger partial charge in [-0.15, -0.1) is 0 Å². The summed E-state index contributed by atoms with van der Waals surface area (Å²) in [5.41, 5.74) is 2.67. The largest absolute Gasteiger partial charge is 0.374 e. The summed E-state index contributed by atoms with van der Waals surface area (Å²) < 4.78 is 0. The van der Waals surface area contributed by atoms with Crippen LogP contribution >= 0.6 is 0 Å². The summed E-state index contributed by atoms with van der Waals surface area (Å²) in [7, 11) is 0. The molecule has 1 atom stereocenters. The van der Waals surface area contributed by atoms with E-state index in [1.54, 1.807) is 0 Å². The van der Waals surface area contributed by atoms with Crippen LogP contribution < -0.4 is 0 Å². The van der Waals surface area contributed by atoms with Crippen LogP contribution in [0.3, 0.4) is 0 Å². The zero-order chi connectivity index (χ0) is 16.1. The SMILES string of the molecule is C=C1C=CN(CCC)C(Cc2ccccc2)C1.CC.CC. The standard InChI is InChI=1S/C16H21N.2C2H6/c1-3-10-17-11-9-14(2)12-16(17)13-15-7-5-4-6-8-15;2*1-2/h4-9,11,16H,2-3,10,12-13H2,1H3;2*1-2H3. The third-order valence-corrected chi connectivity index (χ3v) is 3.26. The lowest BCUT2D eigenvalue weighted by molar-refractivity contribution is 0.264. The normalized spacial score (nSPS) is 16.5. The van der Waals surface area contributed by atoms with Crippen LogP contribution in [0.5, 0.6) is 0 Å². The smallest absolute Gasteiger partial charge is 0.0364 e. The number of benzene rings is 1. The summed E-state index contributed by atoms with van der Waals surface area (Å²) in [6, 6.07) is 11.3. The second-order valence-corrected chi connectivity index (χ2v) is 4.76. The highest BCUT2D eigenvalue weighted by Crippen LogP contribution is 2.22. The van der Waals surface area contributed by atoms with Crippen LogP contribution in [-0.4, -0.2) is 17.5 Å². The Morgan fingerprint density at radius 2 is 1.71 bits per heavy atom. The Balaban J connectivity index is 0.000000921. The fourth-order valence-corrected chi connectivity index (χ4v) is 2.40. The fourth-order valence-electron chi connectivity index (χ4n) is 2.40. The molecule has 1 nitrogen and oxygen atoms in total. The fraction of sp³-hybridized carbons (Fsp3) is 0.500. The monoisotopic (exact) mass is 287 g/mol. The quantitative estimate of drug-likeness (QED) is 0.673. The molecule has 0 N–H and O–H groups in total. The van der Waals surface area contributed by atoms with Crippen molar-refractivity contribution < 1.29 is 0 Å². The van der Waals surface area contributed by atoms with Crippen LogP contribution in [0, 0.1) is 0 Å². The Morgan fingerprint density at radius 1 is 1.10 bits per heavy atom. The van der Waals surface area contributed by atoms with Crippen molar-refractivity contribution in [2.75, 3.05) is 6.54 Å². The van der Waals surface area contributed by atoms with Crippen LogP contribution in [0.1, 0.15) is 53.0 Å². The average Bonchev–Trinajstić information content (AvgIpc) is 2.55. The third-order valence-electron chi connectivity index (χ3n) is 3.26. The summed E-state index contributed by atoms with van der Waals surface area (Å²) in [5, 5.41) is 0. The average molecular weight is 287 g/mol. The molecule has 1 heterocycles. The molecule has 1 aromatic rings. The van der Waals surface area contributed by atoms with Gasteiger partial charge in [-0.05, 0) is 37.1 Å². The number of allylic oxidation sites excluding steroid dienone is 1. The van der Waals surface area contributed by atoms with Crippen LogP contribution in [0.25, 0.3) is 0 Å². The van der Waals surface area contributed by atoms with Gasteiger partial charge in [0.1, 0.15) is 0 Å². The van der Waals surface area contributed by atoms with Crippen molar-refractivity contribution in [1.29, 1.82) is 0 Å². The van der Waals surface area contributed by atoms with Crippen LogP contribution in [-0.2, 0) is 6.42 Å². The van der Waals surface area contributed by atoms with Gasteiger partial charge in [-0.3, -0.25) is 0 Å². The first-order valence-corrected chi connectivity index (χ1v) is 8.45. The number of nitrogens with zero attached hydrogens (tertiary/aromatic N) is 1. The van der Waals surface area contributed by atoms with Crippen molar-refractivity contribution in [3.63, 3.8) is 0 Å². The van der Waals surface area contributed by atoms with Gasteiger partial charge in [0.25, 0.3) is 0 Å². The molecular weight excluding hydrogens is 254 g/mol. The molecule has 0 saturated heterocycles. The molecule has 0 aliphatic carbocycles. The molecule has 0 aromatic heterocycles. The summed E-state index contributed by atoms with van der Waals surface area (Å²) in [5.74, 6) is 0. The Labute approximate surface area is 132 Å². The zero-order valence-electron chi connectivity index (χ0n) is 14.6. The lowest BCUT2D eigenvalue weighted by Crippen LogP contribution is -2.35. The van der Waals surface area contributed by atoms with E-state index in [1.165, 1.54) is 17.6 Å². The lowest BCUT2D eigenvalue weighted by Gasteiger charge is -2.34. The molecule has 118 valence electrons. The van der Waals surface area contributed by atoms with E-state index < -0.39 is 0 Å². The predicted molar refractivity (Wildman–Crippen MR) is 96.5 cm³/mol. The molecule has 0 amide bonds. The molecule has 1 aliphatic heterocycles. The highest BCUT2D eigenvalue weighted by atomic mass is 15.1. The van der Waals surface area contributed by atoms with E-state index in [-0.39, 0.29) is 0 Å². The molecule has 0 fully saturated rings. The Kier molecular flexibility index (Phi) is 11.4. The van der Waals surface area contributed by atoms with Gasteiger partial charge in [0.2, 0.25) is 0 Å². The van der Waals surface area contributed by atoms with E-state index in [9.17, 15) is 0 Å². The van der Waals surface area contributed by atoms with Crippen LogP contribution in [0.15, 0.2) is 54.8 Å². The molecule has 0 saturated carbocycles. The highest BCUT2D eigenvalue weighted by molar-refractivity contribution is 5.23. The third kappa shape index (κ3) is 7.17. The molecule has 1 aliphatic rings. The van der Waals surface area contributed by atoms with Gasteiger partial charge in [-0.25, -0.2) is 0 Å². The minimum atomic E-state index is 0.579. The Morgan fingerprint density at radius 3 is 2.29 bits per heavy atom. The Bertz CT molecular complexity index is 392. The maximum Gasteiger partial charge on any atom is 0.0364 e. The van der Waals surface area contributed by atoms with E-state index >= 15 is 0 Å². The van der Waals surface area contributed by atoms with Crippen molar-refractivity contribution in [1.82, 2.24) is 4.90 Å². The molecule has 1 heteroatoms. The van der Waals surface area contributed by atoms with E-state index in [0.29, 0.717) is 6.04 Å². The summed E-state index contributed by atoms with van der Waals surface area (Å²) in [6.45, 7) is 15.5. The first kappa shape index (κ1) is 19.5. The summed E-state index contributed by atoms with van der Waals surface area (Å²) in [6.07, 6.45) is 7.76. The van der Waals surface area contributed by atoms with E-state index in [0.717, 1.165) is 19.4 Å². The number of hydrogen-bond acceptors (Lipinski definition) is 1. The van der Waals surface area contributed by atoms with Gasteiger partial charge in [0.15, 0.2) is 0 Å². The van der Waals surface area contributed by atoms with Gasteiger partial charge >= 0.3 is 0 Å². The molecule has 1 aromatic carbocycles. The lowest BCUT2D eigenvalue weighted by atomic mass is 9.96. The molecule has 0 radical (unpaired) electrons. The van der Waals surface area contributed by atoms with Crippen molar-refractivity contribution in [3.8, 4) is 0 Å². The van der Waals surface area contributed by atoms with Crippen molar-refractivity contribution in [2.24, 2.45) is 0 Å². The minimum absolute atomic E-state index is 0.579. The van der Waals surface area contributed by atoms with Gasteiger partial charge in [0, 0.05) is 12.6 Å². The van der Waals surface area contributed by atoms with Gasteiger partial charge in [0.05, 0.1) is 0 Å². The number of rotatable bonds is 4. The van der Waals surface area contributed by atoms with Crippen molar-refractivity contribution in [2.45, 2.75) is 59.9 Å². The zero-order valence-corrected chi connectivity index (χ0v) is 14.6. The summed E-state index contributed by atoms with van der Waals surface area (Å²) >= 11 is 0. The minimum Gasteiger partial charge on any atom is -0.374 e. The van der Waals surface area contributed by atoms with Gasteiger partial charge in [-0.1, -0.05) is 77.1 Å². The van der Waals surface area contributed by atoms with E-state index in [1.807, 2.05) is 27.7 Å². The number of hydrogen-bond donors (Lipinski definition) is 0. The molecule has 2 rings (SSSR count). The van der Waals surface area contributed by atoms with Crippen molar-refractivity contribution >= 4 is 0 Å². The van der Waals surface area contributed by atoms with Crippen LogP contribution in [0.2, 0.25) is 0 Å².